The topological polar surface area (TPSA) is 0 Å². The van der Waals surface area contributed by atoms with E-state index in [1.807, 2.05) is 0 Å². The van der Waals surface area contributed by atoms with E-state index in [1.54, 1.807) is 0 Å². The minimum Gasteiger partial charge on any atom is -0.328 e. The lowest BCUT2D eigenvalue weighted by Gasteiger charge is -2.32. The Bertz CT molecular complexity index is 228. The number of quaternary nitrogens is 1. The smallest absolute Gasteiger partial charge is 0.0811 e. The van der Waals surface area contributed by atoms with Gasteiger partial charge in [0.05, 0.1) is 27.2 Å². The van der Waals surface area contributed by atoms with Gasteiger partial charge in [-0.25, -0.2) is 0 Å². The predicted octanol–water partition coefficient (Wildman–Crippen LogP) is 6.17. The van der Waals surface area contributed by atoms with Gasteiger partial charge in [0, 0.05) is 5.92 Å². The van der Waals surface area contributed by atoms with E-state index in [9.17, 15) is 0 Å². The Kier molecular flexibility index (Phi) is 10.4. The Morgan fingerprint density at radius 1 is 0.714 bits per heavy atom. The van der Waals surface area contributed by atoms with Crippen LogP contribution in [0.25, 0.3) is 0 Å². The molecule has 0 atom stereocenters. The Labute approximate surface area is 135 Å². The molecule has 0 aliphatic heterocycles. The van der Waals surface area contributed by atoms with Gasteiger partial charge in [-0.05, 0) is 25.7 Å². The molecule has 21 heavy (non-hydrogen) atoms. The lowest BCUT2D eigenvalue weighted by atomic mass is 10.0. The van der Waals surface area contributed by atoms with Crippen LogP contribution in [0.5, 0.6) is 0 Å². The van der Waals surface area contributed by atoms with Gasteiger partial charge < -0.3 is 4.48 Å². The van der Waals surface area contributed by atoms with Crippen molar-refractivity contribution >= 4 is 0 Å². The van der Waals surface area contributed by atoms with E-state index in [4.69, 9.17) is 0 Å². The molecule has 0 amide bonds. The molecule has 0 aromatic rings. The summed E-state index contributed by atoms with van der Waals surface area (Å²) >= 11 is 0. The van der Waals surface area contributed by atoms with Gasteiger partial charge in [0.15, 0.2) is 0 Å². The Hall–Kier alpha value is -0.0400. The van der Waals surface area contributed by atoms with Gasteiger partial charge in [0.1, 0.15) is 0 Å². The summed E-state index contributed by atoms with van der Waals surface area (Å²) in [6, 6.07) is 0. The minimum atomic E-state index is 1.03. The van der Waals surface area contributed by atoms with Crippen molar-refractivity contribution < 1.29 is 4.48 Å². The van der Waals surface area contributed by atoms with Gasteiger partial charge in [-0.1, -0.05) is 71.1 Å². The van der Waals surface area contributed by atoms with Crippen molar-refractivity contribution in [2.45, 2.75) is 96.8 Å². The molecule has 0 N–H and O–H groups in total. The highest BCUT2D eigenvalue weighted by Gasteiger charge is 2.24. The molecule has 1 aliphatic carbocycles. The zero-order chi connectivity index (χ0) is 15.4. The van der Waals surface area contributed by atoms with Crippen molar-refractivity contribution in [2.75, 3.05) is 27.2 Å². The summed E-state index contributed by atoms with van der Waals surface area (Å²) in [4.78, 5) is 0. The molecule has 1 heteroatoms. The van der Waals surface area contributed by atoms with Crippen molar-refractivity contribution in [3.63, 3.8) is 0 Å². The van der Waals surface area contributed by atoms with Crippen LogP contribution in [0.4, 0.5) is 0 Å². The number of hydrogen-bond donors (Lipinski definition) is 0. The van der Waals surface area contributed by atoms with Gasteiger partial charge in [-0.3, -0.25) is 0 Å². The van der Waals surface area contributed by atoms with Crippen LogP contribution in [0.15, 0.2) is 0 Å². The van der Waals surface area contributed by atoms with Gasteiger partial charge in [0.2, 0.25) is 0 Å². The molecular formula is C20H42N+. The summed E-state index contributed by atoms with van der Waals surface area (Å²) < 4.78 is 1.27. The van der Waals surface area contributed by atoms with E-state index in [1.165, 1.54) is 107 Å². The summed E-state index contributed by atoms with van der Waals surface area (Å²) in [5.74, 6) is 1.03. The van der Waals surface area contributed by atoms with Gasteiger partial charge in [-0.2, -0.15) is 0 Å². The lowest BCUT2D eigenvalue weighted by Crippen LogP contribution is -2.43. The molecule has 1 aliphatic rings. The van der Waals surface area contributed by atoms with Crippen molar-refractivity contribution in [3.8, 4) is 0 Å². The van der Waals surface area contributed by atoms with Crippen LogP contribution in [0.1, 0.15) is 96.8 Å². The maximum Gasteiger partial charge on any atom is 0.0811 e. The van der Waals surface area contributed by atoms with Crippen LogP contribution in [-0.2, 0) is 0 Å². The maximum atomic E-state index is 2.45. The first kappa shape index (κ1) is 19.0. The molecule has 0 aromatic heterocycles. The SMILES string of the molecule is CCCCCCCCCCCC[N+](C)(C)CC1CCCC1. The third-order valence-corrected chi connectivity index (χ3v) is 5.34. The molecule has 1 rings (SSSR count). The van der Waals surface area contributed by atoms with Gasteiger partial charge >= 0.3 is 0 Å². The normalized spacial score (nSPS) is 16.7. The molecule has 0 aromatic carbocycles. The summed E-state index contributed by atoms with van der Waals surface area (Å²) in [5.41, 5.74) is 0. The number of nitrogens with zero attached hydrogens (tertiary/aromatic N) is 1. The zero-order valence-corrected chi connectivity index (χ0v) is 15.3. The fourth-order valence-electron chi connectivity index (χ4n) is 4.01. The highest BCUT2D eigenvalue weighted by atomic mass is 15.3. The largest absolute Gasteiger partial charge is 0.328 e. The molecule has 126 valence electrons. The predicted molar refractivity (Wildman–Crippen MR) is 95.6 cm³/mol. The molecule has 0 spiro atoms. The Morgan fingerprint density at radius 2 is 1.19 bits per heavy atom. The monoisotopic (exact) mass is 296 g/mol. The van der Waals surface area contributed by atoms with Crippen LogP contribution < -0.4 is 0 Å². The molecule has 0 unspecified atom stereocenters. The molecule has 1 saturated carbocycles. The molecule has 0 radical (unpaired) electrons. The van der Waals surface area contributed by atoms with Gasteiger partial charge in [-0.15, -0.1) is 0 Å². The van der Waals surface area contributed by atoms with Crippen molar-refractivity contribution in [2.24, 2.45) is 5.92 Å². The quantitative estimate of drug-likeness (QED) is 0.281. The summed E-state index contributed by atoms with van der Waals surface area (Å²) in [6.45, 7) is 5.12. The molecule has 1 fully saturated rings. The molecule has 0 saturated heterocycles. The first-order chi connectivity index (χ1) is 10.1. The highest BCUT2D eigenvalue weighted by molar-refractivity contribution is 4.66. The number of unbranched alkanes of at least 4 members (excludes halogenated alkanes) is 9. The Morgan fingerprint density at radius 3 is 1.71 bits per heavy atom. The first-order valence-corrected chi connectivity index (χ1v) is 9.96. The second-order valence-electron chi connectivity index (χ2n) is 8.17. The van der Waals surface area contributed by atoms with Gasteiger partial charge in [0.25, 0.3) is 0 Å². The first-order valence-electron chi connectivity index (χ1n) is 9.96. The summed E-state index contributed by atoms with van der Waals surface area (Å²) in [7, 11) is 4.90. The summed E-state index contributed by atoms with van der Waals surface area (Å²) in [5, 5.41) is 0. The third kappa shape index (κ3) is 10.3. The highest BCUT2D eigenvalue weighted by Crippen LogP contribution is 2.26. The van der Waals surface area contributed by atoms with Crippen LogP contribution >= 0.6 is 0 Å². The fraction of sp³-hybridized carbons (Fsp3) is 1.00. The van der Waals surface area contributed by atoms with Crippen molar-refractivity contribution in [1.29, 1.82) is 0 Å². The van der Waals surface area contributed by atoms with E-state index in [-0.39, 0.29) is 0 Å². The molecular weight excluding hydrogens is 254 g/mol. The molecule has 0 heterocycles. The summed E-state index contributed by atoms with van der Waals surface area (Å²) in [6.07, 6.45) is 20.5. The van der Waals surface area contributed by atoms with E-state index in [0.717, 1.165) is 5.92 Å². The second kappa shape index (κ2) is 11.5. The zero-order valence-electron chi connectivity index (χ0n) is 15.3. The number of hydrogen-bond acceptors (Lipinski definition) is 0. The Balaban J connectivity index is 1.88. The van der Waals surface area contributed by atoms with Crippen molar-refractivity contribution in [1.82, 2.24) is 0 Å². The molecule has 1 nitrogen and oxygen atoms in total. The third-order valence-electron chi connectivity index (χ3n) is 5.34. The van der Waals surface area contributed by atoms with Crippen LogP contribution in [-0.4, -0.2) is 31.7 Å². The van der Waals surface area contributed by atoms with E-state index in [0.29, 0.717) is 0 Å². The fourth-order valence-corrected chi connectivity index (χ4v) is 4.01. The van der Waals surface area contributed by atoms with E-state index < -0.39 is 0 Å². The minimum absolute atomic E-state index is 1.03. The van der Waals surface area contributed by atoms with Crippen LogP contribution in [0.2, 0.25) is 0 Å². The number of rotatable bonds is 13. The average molecular weight is 297 g/mol. The second-order valence-corrected chi connectivity index (χ2v) is 8.17. The molecule has 0 bridgehead atoms. The van der Waals surface area contributed by atoms with Crippen LogP contribution in [0, 0.1) is 5.92 Å². The van der Waals surface area contributed by atoms with E-state index >= 15 is 0 Å². The lowest BCUT2D eigenvalue weighted by molar-refractivity contribution is -0.893. The van der Waals surface area contributed by atoms with Crippen molar-refractivity contribution in [3.05, 3.63) is 0 Å². The standard InChI is InChI=1S/C20H42N/c1-4-5-6-7-8-9-10-11-12-15-18-21(2,3)19-20-16-13-14-17-20/h20H,4-19H2,1-3H3/q+1. The maximum absolute atomic E-state index is 2.45. The van der Waals surface area contributed by atoms with Crippen LogP contribution in [0.3, 0.4) is 0 Å². The van der Waals surface area contributed by atoms with E-state index in [2.05, 4.69) is 21.0 Å². The average Bonchev–Trinajstić information content (AvgIpc) is 2.93.